The van der Waals surface area contributed by atoms with Crippen molar-refractivity contribution >= 4 is 38.9 Å². The topological polar surface area (TPSA) is 92.8 Å². The standard InChI is InChI=1S/C20H24N2O5S2/c1-3-27-20(24)15-9-8-14(2)17(12-15)21-19(23)16-6-4-10-22(13-16)29(25,26)18-7-5-11-28-18/h5,7-9,11-12,16H,3-4,6,10,13H2,1-2H3,(H,21,23)/t16-/m0/s1. The molecule has 0 radical (unpaired) electrons. The van der Waals surface area contributed by atoms with Gasteiger partial charge in [0, 0.05) is 18.8 Å². The zero-order valence-corrected chi connectivity index (χ0v) is 18.0. The van der Waals surface area contributed by atoms with Gasteiger partial charge in [0.1, 0.15) is 4.21 Å². The maximum Gasteiger partial charge on any atom is 0.338 e. The predicted octanol–water partition coefficient (Wildman–Crippen LogP) is 3.27. The second kappa shape index (κ2) is 9.06. The van der Waals surface area contributed by atoms with Crippen molar-refractivity contribution in [1.82, 2.24) is 4.31 Å². The number of esters is 1. The van der Waals surface area contributed by atoms with E-state index in [4.69, 9.17) is 4.74 Å². The van der Waals surface area contributed by atoms with E-state index in [2.05, 4.69) is 5.32 Å². The number of benzene rings is 1. The van der Waals surface area contributed by atoms with Crippen LogP contribution in [0.25, 0.3) is 0 Å². The Balaban J connectivity index is 1.72. The Morgan fingerprint density at radius 2 is 2.10 bits per heavy atom. The lowest BCUT2D eigenvalue weighted by atomic mass is 9.98. The molecule has 9 heteroatoms. The molecule has 2 aromatic rings. The van der Waals surface area contributed by atoms with Gasteiger partial charge in [-0.1, -0.05) is 12.1 Å². The molecule has 1 aliphatic rings. The molecule has 1 aliphatic heterocycles. The van der Waals surface area contributed by atoms with Crippen LogP contribution in [0.5, 0.6) is 0 Å². The van der Waals surface area contributed by atoms with Gasteiger partial charge in [-0.2, -0.15) is 4.31 Å². The third-order valence-electron chi connectivity index (χ3n) is 4.85. The van der Waals surface area contributed by atoms with E-state index in [1.165, 1.54) is 15.6 Å². The molecule has 0 unspecified atom stereocenters. The van der Waals surface area contributed by atoms with Crippen LogP contribution in [0.4, 0.5) is 5.69 Å². The van der Waals surface area contributed by atoms with Gasteiger partial charge in [-0.05, 0) is 55.8 Å². The highest BCUT2D eigenvalue weighted by Crippen LogP contribution is 2.27. The van der Waals surface area contributed by atoms with E-state index in [1.54, 1.807) is 42.6 Å². The SMILES string of the molecule is CCOC(=O)c1ccc(C)c(NC(=O)[C@H]2CCCN(S(=O)(=O)c3cccs3)C2)c1. The smallest absolute Gasteiger partial charge is 0.338 e. The number of aryl methyl sites for hydroxylation is 1. The van der Waals surface area contributed by atoms with Crippen LogP contribution in [-0.4, -0.2) is 44.3 Å². The van der Waals surface area contributed by atoms with Crippen LogP contribution in [0.3, 0.4) is 0 Å². The van der Waals surface area contributed by atoms with E-state index in [0.717, 1.165) is 5.56 Å². The number of hydrogen-bond acceptors (Lipinski definition) is 6. The number of carbonyl (C=O) groups is 2. The van der Waals surface area contributed by atoms with E-state index in [-0.39, 0.29) is 23.3 Å². The summed E-state index contributed by atoms with van der Waals surface area (Å²) in [6.45, 7) is 4.38. The van der Waals surface area contributed by atoms with Crippen LogP contribution in [0.1, 0.15) is 35.7 Å². The first-order chi connectivity index (χ1) is 13.8. The van der Waals surface area contributed by atoms with Crippen molar-refractivity contribution in [3.63, 3.8) is 0 Å². The number of nitrogens with zero attached hydrogens (tertiary/aromatic N) is 1. The van der Waals surface area contributed by atoms with Crippen molar-refractivity contribution in [2.24, 2.45) is 5.92 Å². The zero-order chi connectivity index (χ0) is 21.0. The molecule has 1 atom stereocenters. The number of amides is 1. The number of rotatable bonds is 6. The number of piperidine rings is 1. The number of carbonyl (C=O) groups excluding carboxylic acids is 2. The Labute approximate surface area is 174 Å². The van der Waals surface area contributed by atoms with Crippen LogP contribution in [-0.2, 0) is 19.6 Å². The fraction of sp³-hybridized carbons (Fsp3) is 0.400. The molecule has 29 heavy (non-hydrogen) atoms. The van der Waals surface area contributed by atoms with Crippen molar-refractivity contribution in [2.75, 3.05) is 25.0 Å². The minimum atomic E-state index is -3.58. The quantitative estimate of drug-likeness (QED) is 0.702. The monoisotopic (exact) mass is 436 g/mol. The van der Waals surface area contributed by atoms with E-state index < -0.39 is 21.9 Å². The van der Waals surface area contributed by atoms with Crippen molar-refractivity contribution in [2.45, 2.75) is 30.9 Å². The summed E-state index contributed by atoms with van der Waals surface area (Å²) in [7, 11) is -3.58. The van der Waals surface area contributed by atoms with E-state index in [0.29, 0.717) is 30.6 Å². The van der Waals surface area contributed by atoms with Gasteiger partial charge >= 0.3 is 5.97 Å². The third kappa shape index (κ3) is 4.85. The lowest BCUT2D eigenvalue weighted by Crippen LogP contribution is -2.43. The molecule has 0 bridgehead atoms. The molecule has 2 heterocycles. The van der Waals surface area contributed by atoms with Gasteiger partial charge in [0.2, 0.25) is 5.91 Å². The Morgan fingerprint density at radius 1 is 1.31 bits per heavy atom. The maximum absolute atomic E-state index is 12.8. The highest BCUT2D eigenvalue weighted by Gasteiger charge is 2.34. The molecular formula is C20H24N2O5S2. The minimum absolute atomic E-state index is 0.142. The Kier molecular flexibility index (Phi) is 6.71. The number of thiophene rings is 1. The number of hydrogen-bond donors (Lipinski definition) is 1. The normalized spacial score (nSPS) is 17.7. The summed E-state index contributed by atoms with van der Waals surface area (Å²) in [5.74, 6) is -1.15. The van der Waals surface area contributed by atoms with Crippen LogP contribution in [0, 0.1) is 12.8 Å². The molecule has 0 saturated carbocycles. The molecule has 0 spiro atoms. The lowest BCUT2D eigenvalue weighted by molar-refractivity contribution is -0.120. The summed E-state index contributed by atoms with van der Waals surface area (Å²) in [6, 6.07) is 8.27. The highest BCUT2D eigenvalue weighted by atomic mass is 32.2. The summed E-state index contributed by atoms with van der Waals surface area (Å²) in [5, 5.41) is 4.58. The summed E-state index contributed by atoms with van der Waals surface area (Å²) in [5.41, 5.74) is 1.70. The summed E-state index contributed by atoms with van der Waals surface area (Å²) in [4.78, 5) is 24.8. The van der Waals surface area contributed by atoms with Crippen LogP contribution in [0.2, 0.25) is 0 Å². The number of ether oxygens (including phenoxy) is 1. The first kappa shape index (κ1) is 21.5. The summed E-state index contributed by atoms with van der Waals surface area (Å²) >= 11 is 1.17. The Morgan fingerprint density at radius 3 is 2.79 bits per heavy atom. The van der Waals surface area contributed by atoms with Gasteiger partial charge < -0.3 is 10.1 Å². The zero-order valence-electron chi connectivity index (χ0n) is 16.4. The molecule has 0 aliphatic carbocycles. The molecule has 7 nitrogen and oxygen atoms in total. The van der Waals surface area contributed by atoms with Crippen molar-refractivity contribution in [3.8, 4) is 0 Å². The second-order valence-electron chi connectivity index (χ2n) is 6.87. The van der Waals surface area contributed by atoms with Crippen LogP contribution >= 0.6 is 11.3 Å². The minimum Gasteiger partial charge on any atom is -0.462 e. The molecule has 156 valence electrons. The molecule has 1 aromatic heterocycles. The molecule has 1 fully saturated rings. The van der Waals surface area contributed by atoms with Crippen molar-refractivity contribution in [3.05, 3.63) is 46.8 Å². The van der Waals surface area contributed by atoms with E-state index in [9.17, 15) is 18.0 Å². The maximum atomic E-state index is 12.8. The molecule has 1 amide bonds. The van der Waals surface area contributed by atoms with Gasteiger partial charge in [0.05, 0.1) is 18.1 Å². The predicted molar refractivity (Wildman–Crippen MR) is 112 cm³/mol. The molecule has 1 aromatic carbocycles. The molecular weight excluding hydrogens is 412 g/mol. The second-order valence-corrected chi connectivity index (χ2v) is 9.99. The first-order valence-corrected chi connectivity index (χ1v) is 11.8. The number of nitrogens with one attached hydrogen (secondary N) is 1. The van der Waals surface area contributed by atoms with Gasteiger partial charge in [-0.25, -0.2) is 13.2 Å². The largest absolute Gasteiger partial charge is 0.462 e. The fourth-order valence-corrected chi connectivity index (χ4v) is 5.91. The average Bonchev–Trinajstić information content (AvgIpc) is 3.25. The molecule has 3 rings (SSSR count). The van der Waals surface area contributed by atoms with Crippen LogP contribution in [0.15, 0.2) is 39.9 Å². The first-order valence-electron chi connectivity index (χ1n) is 9.45. The summed E-state index contributed by atoms with van der Waals surface area (Å²) in [6.07, 6.45) is 1.23. The number of sulfonamides is 1. The van der Waals surface area contributed by atoms with Crippen molar-refractivity contribution in [1.29, 1.82) is 0 Å². The van der Waals surface area contributed by atoms with Gasteiger partial charge in [-0.15, -0.1) is 11.3 Å². The van der Waals surface area contributed by atoms with Crippen LogP contribution < -0.4 is 5.32 Å². The Hall–Kier alpha value is -2.23. The molecule has 1 N–H and O–H groups in total. The van der Waals surface area contributed by atoms with Crippen molar-refractivity contribution < 1.29 is 22.7 Å². The van der Waals surface area contributed by atoms with E-state index >= 15 is 0 Å². The highest BCUT2D eigenvalue weighted by molar-refractivity contribution is 7.91. The lowest BCUT2D eigenvalue weighted by Gasteiger charge is -2.31. The van der Waals surface area contributed by atoms with Gasteiger partial charge in [0.25, 0.3) is 10.0 Å². The van der Waals surface area contributed by atoms with E-state index in [1.807, 2.05) is 6.92 Å². The third-order valence-corrected chi connectivity index (χ3v) is 8.09. The van der Waals surface area contributed by atoms with Gasteiger partial charge in [0.15, 0.2) is 0 Å². The average molecular weight is 437 g/mol. The fourth-order valence-electron chi connectivity index (χ4n) is 3.25. The van der Waals surface area contributed by atoms with Gasteiger partial charge in [-0.3, -0.25) is 4.79 Å². The number of anilines is 1. The Bertz CT molecular complexity index is 986. The molecule has 1 saturated heterocycles. The summed E-state index contributed by atoms with van der Waals surface area (Å²) < 4.78 is 32.2.